The SMILES string of the molecule is C1=CC(N(c2ccccc2)c2ccc(-c3ccc4c(c3)c3ccccc3n4-c3cccc4c3oc3ccccc34)cc2)CC2=C1c1ccccc1CO2. The van der Waals surface area contributed by atoms with Crippen LogP contribution in [-0.4, -0.2) is 10.6 Å². The molecular formula is C49H34N2O2. The molecule has 0 bridgehead atoms. The molecule has 0 N–H and O–H groups in total. The summed E-state index contributed by atoms with van der Waals surface area (Å²) >= 11 is 0. The fourth-order valence-electron chi connectivity index (χ4n) is 8.55. The highest BCUT2D eigenvalue weighted by molar-refractivity contribution is 6.13. The molecule has 1 aliphatic carbocycles. The summed E-state index contributed by atoms with van der Waals surface area (Å²) in [5.74, 6) is 1.07. The number of benzene rings is 7. The molecule has 1 atom stereocenters. The van der Waals surface area contributed by atoms with Crippen LogP contribution in [0.25, 0.3) is 66.1 Å². The van der Waals surface area contributed by atoms with Gasteiger partial charge < -0.3 is 18.6 Å². The summed E-state index contributed by atoms with van der Waals surface area (Å²) < 4.78 is 15.2. The minimum Gasteiger partial charge on any atom is -0.492 e. The first-order valence-electron chi connectivity index (χ1n) is 18.3. The van der Waals surface area contributed by atoms with Gasteiger partial charge in [-0.2, -0.15) is 0 Å². The van der Waals surface area contributed by atoms with E-state index in [0.29, 0.717) is 6.61 Å². The van der Waals surface area contributed by atoms with E-state index in [9.17, 15) is 0 Å². The predicted octanol–water partition coefficient (Wildman–Crippen LogP) is 12.8. The first-order valence-corrected chi connectivity index (χ1v) is 18.3. The molecule has 0 fully saturated rings. The molecule has 252 valence electrons. The maximum Gasteiger partial charge on any atom is 0.159 e. The highest BCUT2D eigenvalue weighted by Crippen LogP contribution is 2.42. The van der Waals surface area contributed by atoms with E-state index in [1.54, 1.807) is 0 Å². The summed E-state index contributed by atoms with van der Waals surface area (Å²) in [6, 6.07) is 58.7. The van der Waals surface area contributed by atoms with Gasteiger partial charge in [0.2, 0.25) is 0 Å². The molecule has 0 spiro atoms. The molecule has 4 nitrogen and oxygen atoms in total. The van der Waals surface area contributed by atoms with Gasteiger partial charge in [-0.1, -0.05) is 121 Å². The molecule has 53 heavy (non-hydrogen) atoms. The zero-order valence-corrected chi connectivity index (χ0v) is 28.9. The van der Waals surface area contributed by atoms with Gasteiger partial charge in [-0.15, -0.1) is 0 Å². The van der Waals surface area contributed by atoms with Gasteiger partial charge in [0.25, 0.3) is 0 Å². The summed E-state index contributed by atoms with van der Waals surface area (Å²) in [4.78, 5) is 2.43. The van der Waals surface area contributed by atoms with E-state index in [-0.39, 0.29) is 6.04 Å². The average molecular weight is 683 g/mol. The lowest BCUT2D eigenvalue weighted by Crippen LogP contribution is -2.32. The van der Waals surface area contributed by atoms with Crippen LogP contribution in [0.4, 0.5) is 11.4 Å². The van der Waals surface area contributed by atoms with Crippen molar-refractivity contribution < 1.29 is 9.15 Å². The van der Waals surface area contributed by atoms with E-state index in [1.165, 1.54) is 38.6 Å². The quantitative estimate of drug-likeness (QED) is 0.181. The van der Waals surface area contributed by atoms with E-state index in [1.807, 2.05) is 12.1 Å². The van der Waals surface area contributed by atoms with Crippen LogP contribution in [-0.2, 0) is 11.3 Å². The van der Waals surface area contributed by atoms with Crippen LogP contribution in [0.15, 0.2) is 186 Å². The molecule has 1 unspecified atom stereocenters. The molecule has 11 rings (SSSR count). The Morgan fingerprint density at radius 2 is 1.28 bits per heavy atom. The Bertz CT molecular complexity index is 2930. The maximum absolute atomic E-state index is 6.51. The first kappa shape index (κ1) is 29.9. The fourth-order valence-corrected chi connectivity index (χ4v) is 8.55. The summed E-state index contributed by atoms with van der Waals surface area (Å²) in [7, 11) is 0. The van der Waals surface area contributed by atoms with E-state index < -0.39 is 0 Å². The predicted molar refractivity (Wildman–Crippen MR) is 218 cm³/mol. The molecule has 0 saturated heterocycles. The van der Waals surface area contributed by atoms with Crippen molar-refractivity contribution in [3.8, 4) is 16.8 Å². The minimum absolute atomic E-state index is 0.117. The van der Waals surface area contributed by atoms with Crippen LogP contribution in [0.5, 0.6) is 0 Å². The van der Waals surface area contributed by atoms with Gasteiger partial charge in [0.1, 0.15) is 17.9 Å². The second-order valence-corrected chi connectivity index (χ2v) is 14.0. The molecule has 0 radical (unpaired) electrons. The summed E-state index contributed by atoms with van der Waals surface area (Å²) in [5.41, 5.74) is 13.6. The Labute approximate surface area is 307 Å². The van der Waals surface area contributed by atoms with Crippen molar-refractivity contribution in [1.82, 2.24) is 4.57 Å². The maximum atomic E-state index is 6.51. The number of allylic oxidation sites excluding steroid dienone is 2. The molecule has 3 heterocycles. The van der Waals surface area contributed by atoms with E-state index in [2.05, 4.69) is 173 Å². The first-order chi connectivity index (χ1) is 26.3. The summed E-state index contributed by atoms with van der Waals surface area (Å²) in [6.45, 7) is 0.619. The number of hydrogen-bond donors (Lipinski definition) is 0. The van der Waals surface area contributed by atoms with Crippen molar-refractivity contribution in [2.24, 2.45) is 0 Å². The Balaban J connectivity index is 0.977. The third-order valence-electron chi connectivity index (χ3n) is 11.0. The van der Waals surface area contributed by atoms with Crippen LogP contribution < -0.4 is 4.90 Å². The van der Waals surface area contributed by atoms with E-state index in [0.717, 1.165) is 62.2 Å². The highest BCUT2D eigenvalue weighted by Gasteiger charge is 2.28. The molecular weight excluding hydrogens is 649 g/mol. The number of aromatic nitrogens is 1. The average Bonchev–Trinajstić information content (AvgIpc) is 3.77. The van der Waals surface area contributed by atoms with Gasteiger partial charge >= 0.3 is 0 Å². The lowest BCUT2D eigenvalue weighted by molar-refractivity contribution is 0.183. The topological polar surface area (TPSA) is 30.5 Å². The number of furan rings is 1. The van der Waals surface area contributed by atoms with Crippen molar-refractivity contribution in [3.05, 3.63) is 193 Å². The summed E-state index contributed by atoms with van der Waals surface area (Å²) in [6.07, 6.45) is 5.40. The van der Waals surface area contributed by atoms with Crippen LogP contribution in [0.3, 0.4) is 0 Å². The van der Waals surface area contributed by atoms with Gasteiger partial charge in [0.15, 0.2) is 5.58 Å². The molecule has 7 aromatic carbocycles. The van der Waals surface area contributed by atoms with Gasteiger partial charge in [0.05, 0.1) is 22.8 Å². The van der Waals surface area contributed by atoms with Crippen molar-refractivity contribution in [1.29, 1.82) is 0 Å². The van der Waals surface area contributed by atoms with Gasteiger partial charge in [0, 0.05) is 44.9 Å². The molecule has 2 aromatic heterocycles. The molecule has 4 heteroatoms. The number of ether oxygens (including phenoxy) is 1. The zero-order chi connectivity index (χ0) is 34.9. The highest BCUT2D eigenvalue weighted by atomic mass is 16.5. The van der Waals surface area contributed by atoms with Crippen molar-refractivity contribution in [2.75, 3.05) is 4.90 Å². The van der Waals surface area contributed by atoms with Crippen LogP contribution in [0.1, 0.15) is 17.5 Å². The third kappa shape index (κ3) is 4.76. The van der Waals surface area contributed by atoms with E-state index in [4.69, 9.17) is 9.15 Å². The monoisotopic (exact) mass is 682 g/mol. The number of nitrogens with zero attached hydrogens (tertiary/aromatic N) is 2. The molecule has 0 saturated carbocycles. The van der Waals surface area contributed by atoms with Crippen molar-refractivity contribution in [2.45, 2.75) is 19.1 Å². The molecule has 2 aliphatic rings. The Morgan fingerprint density at radius 1 is 0.566 bits per heavy atom. The Morgan fingerprint density at radius 3 is 2.19 bits per heavy atom. The second kappa shape index (κ2) is 11.9. The lowest BCUT2D eigenvalue weighted by Gasteiger charge is -2.36. The molecule has 9 aromatic rings. The van der Waals surface area contributed by atoms with Gasteiger partial charge in [-0.3, -0.25) is 0 Å². The standard InChI is InChI=1S/C49H34N2O2/c1-2-12-35(13-3-1)50(37-26-27-41-38-14-5-4-11-34(38)31-52-48(41)30-37)36-24-21-32(22-25-36)33-23-28-45-43(29-33)39-15-6-8-18-44(39)51(45)46-19-10-17-42-40-16-7-9-20-47(40)53-49(42)46/h1-29,37H,30-31H2. The lowest BCUT2D eigenvalue weighted by atomic mass is 9.90. The third-order valence-corrected chi connectivity index (χ3v) is 11.0. The minimum atomic E-state index is 0.117. The number of fused-ring (bicyclic) bond motifs is 8. The smallest absolute Gasteiger partial charge is 0.159 e. The Kier molecular flexibility index (Phi) is 6.71. The number of rotatable bonds is 5. The zero-order valence-electron chi connectivity index (χ0n) is 28.9. The normalized spacial score (nSPS) is 15.2. The van der Waals surface area contributed by atoms with Crippen LogP contribution >= 0.6 is 0 Å². The second-order valence-electron chi connectivity index (χ2n) is 14.0. The molecule has 0 amide bonds. The van der Waals surface area contributed by atoms with E-state index >= 15 is 0 Å². The summed E-state index contributed by atoms with van der Waals surface area (Å²) in [5, 5.41) is 4.69. The molecule has 1 aliphatic heterocycles. The van der Waals surface area contributed by atoms with Gasteiger partial charge in [-0.25, -0.2) is 0 Å². The van der Waals surface area contributed by atoms with Crippen LogP contribution in [0, 0.1) is 0 Å². The Hall–Kier alpha value is -6.78. The number of hydrogen-bond acceptors (Lipinski definition) is 3. The van der Waals surface area contributed by atoms with Crippen molar-refractivity contribution >= 4 is 60.7 Å². The number of para-hydroxylation sites is 4. The van der Waals surface area contributed by atoms with Crippen molar-refractivity contribution in [3.63, 3.8) is 0 Å². The fraction of sp³-hybridized carbons (Fsp3) is 0.0612. The van der Waals surface area contributed by atoms with Crippen LogP contribution in [0.2, 0.25) is 0 Å². The largest absolute Gasteiger partial charge is 0.492 e. The van der Waals surface area contributed by atoms with Gasteiger partial charge in [-0.05, 0) is 76.9 Å². The number of anilines is 2.